The predicted molar refractivity (Wildman–Crippen MR) is 67.0 cm³/mol. The van der Waals surface area contributed by atoms with Crippen LogP contribution in [0.3, 0.4) is 0 Å². The SMILES string of the molecule is O=C1CNCCN1c1cccc2ccncc12. The molecule has 0 radical (unpaired) electrons. The number of nitrogens with zero attached hydrogens (tertiary/aromatic N) is 2. The largest absolute Gasteiger partial charge is 0.309 e. The van der Waals surface area contributed by atoms with Crippen molar-refractivity contribution in [3.8, 4) is 0 Å². The molecule has 0 atom stereocenters. The summed E-state index contributed by atoms with van der Waals surface area (Å²) in [6.07, 6.45) is 3.59. The first kappa shape index (κ1) is 10.2. The Kier molecular flexibility index (Phi) is 2.49. The first-order valence-electron chi connectivity index (χ1n) is 5.70. The van der Waals surface area contributed by atoms with Crippen molar-refractivity contribution in [2.45, 2.75) is 0 Å². The molecule has 1 aromatic carbocycles. The minimum Gasteiger partial charge on any atom is -0.309 e. The number of pyridine rings is 1. The Balaban J connectivity index is 2.13. The molecule has 1 amide bonds. The lowest BCUT2D eigenvalue weighted by atomic mass is 10.1. The maximum atomic E-state index is 11.9. The number of nitrogens with one attached hydrogen (secondary N) is 1. The van der Waals surface area contributed by atoms with Crippen LogP contribution in [0.15, 0.2) is 36.7 Å². The molecule has 17 heavy (non-hydrogen) atoms. The molecule has 3 rings (SSSR count). The zero-order valence-electron chi connectivity index (χ0n) is 9.39. The fourth-order valence-corrected chi connectivity index (χ4v) is 2.19. The third-order valence-corrected chi connectivity index (χ3v) is 3.04. The Morgan fingerprint density at radius 2 is 2.24 bits per heavy atom. The first-order chi connectivity index (χ1) is 8.36. The number of hydrogen-bond donors (Lipinski definition) is 1. The molecule has 1 saturated heterocycles. The Labute approximate surface area is 99.3 Å². The maximum Gasteiger partial charge on any atom is 0.241 e. The molecule has 0 aliphatic carbocycles. The van der Waals surface area contributed by atoms with Crippen LogP contribution in [-0.2, 0) is 4.79 Å². The number of anilines is 1. The maximum absolute atomic E-state index is 11.9. The number of carbonyl (C=O) groups is 1. The van der Waals surface area contributed by atoms with Gasteiger partial charge in [-0.25, -0.2) is 0 Å². The third-order valence-electron chi connectivity index (χ3n) is 3.04. The van der Waals surface area contributed by atoms with E-state index in [0.29, 0.717) is 13.1 Å². The summed E-state index contributed by atoms with van der Waals surface area (Å²) in [7, 11) is 0. The zero-order chi connectivity index (χ0) is 11.7. The summed E-state index contributed by atoms with van der Waals surface area (Å²) in [4.78, 5) is 17.9. The average molecular weight is 227 g/mol. The number of aromatic nitrogens is 1. The first-order valence-corrected chi connectivity index (χ1v) is 5.70. The average Bonchev–Trinajstić information content (AvgIpc) is 2.39. The van der Waals surface area contributed by atoms with E-state index in [1.54, 1.807) is 6.20 Å². The molecule has 1 aliphatic heterocycles. The van der Waals surface area contributed by atoms with E-state index in [4.69, 9.17) is 0 Å². The number of benzene rings is 1. The molecule has 2 aromatic rings. The van der Waals surface area contributed by atoms with E-state index in [2.05, 4.69) is 10.3 Å². The lowest BCUT2D eigenvalue weighted by molar-refractivity contribution is -0.118. The minimum atomic E-state index is 0.118. The molecule has 2 heterocycles. The number of piperazine rings is 1. The van der Waals surface area contributed by atoms with Gasteiger partial charge in [-0.05, 0) is 17.5 Å². The number of rotatable bonds is 1. The topological polar surface area (TPSA) is 45.2 Å². The van der Waals surface area contributed by atoms with Gasteiger partial charge in [0.2, 0.25) is 5.91 Å². The molecule has 0 spiro atoms. The molecule has 1 aromatic heterocycles. The van der Waals surface area contributed by atoms with E-state index in [9.17, 15) is 4.79 Å². The van der Waals surface area contributed by atoms with E-state index in [0.717, 1.165) is 23.0 Å². The van der Waals surface area contributed by atoms with Crippen molar-refractivity contribution in [3.63, 3.8) is 0 Å². The van der Waals surface area contributed by atoms with Crippen LogP contribution in [0.4, 0.5) is 5.69 Å². The summed E-state index contributed by atoms with van der Waals surface area (Å²) in [6.45, 7) is 1.96. The molecule has 4 heteroatoms. The van der Waals surface area contributed by atoms with Gasteiger partial charge in [0.1, 0.15) is 0 Å². The van der Waals surface area contributed by atoms with E-state index in [1.165, 1.54) is 0 Å². The molecule has 0 bridgehead atoms. The van der Waals surface area contributed by atoms with Crippen LogP contribution in [0.2, 0.25) is 0 Å². The molecule has 0 unspecified atom stereocenters. The van der Waals surface area contributed by atoms with Gasteiger partial charge in [-0.2, -0.15) is 0 Å². The van der Waals surface area contributed by atoms with E-state index in [1.807, 2.05) is 35.4 Å². The van der Waals surface area contributed by atoms with Crippen LogP contribution < -0.4 is 10.2 Å². The Morgan fingerprint density at radius 1 is 1.29 bits per heavy atom. The lowest BCUT2D eigenvalue weighted by Crippen LogP contribution is -2.48. The van der Waals surface area contributed by atoms with Crippen LogP contribution in [-0.4, -0.2) is 30.5 Å². The highest BCUT2D eigenvalue weighted by Gasteiger charge is 2.20. The number of fused-ring (bicyclic) bond motifs is 1. The standard InChI is InChI=1S/C13H13N3O/c17-13-9-15-6-7-16(13)12-3-1-2-10-4-5-14-8-11(10)12/h1-5,8,15H,6-7,9H2. The Bertz CT molecular complexity index is 562. The van der Waals surface area contributed by atoms with Gasteiger partial charge in [0.15, 0.2) is 0 Å². The van der Waals surface area contributed by atoms with Crippen molar-refractivity contribution in [2.24, 2.45) is 0 Å². The summed E-state index contributed by atoms with van der Waals surface area (Å²) in [5.74, 6) is 0.118. The third kappa shape index (κ3) is 1.76. The molecule has 4 nitrogen and oxygen atoms in total. The molecule has 0 saturated carbocycles. The van der Waals surface area contributed by atoms with Crippen molar-refractivity contribution >= 4 is 22.4 Å². The zero-order valence-corrected chi connectivity index (χ0v) is 9.39. The van der Waals surface area contributed by atoms with Crippen molar-refractivity contribution in [1.82, 2.24) is 10.3 Å². The minimum absolute atomic E-state index is 0.118. The van der Waals surface area contributed by atoms with Crippen LogP contribution >= 0.6 is 0 Å². The van der Waals surface area contributed by atoms with E-state index < -0.39 is 0 Å². The molecule has 1 fully saturated rings. The summed E-state index contributed by atoms with van der Waals surface area (Å²) in [5.41, 5.74) is 0.960. The van der Waals surface area contributed by atoms with Gasteiger partial charge in [-0.3, -0.25) is 9.78 Å². The second kappa shape index (κ2) is 4.14. The summed E-state index contributed by atoms with van der Waals surface area (Å²) in [6, 6.07) is 7.96. The van der Waals surface area contributed by atoms with Crippen molar-refractivity contribution in [2.75, 3.05) is 24.5 Å². The lowest BCUT2D eigenvalue weighted by Gasteiger charge is -2.28. The van der Waals surface area contributed by atoms with Gasteiger partial charge < -0.3 is 10.2 Å². The van der Waals surface area contributed by atoms with Gasteiger partial charge in [-0.15, -0.1) is 0 Å². The monoisotopic (exact) mass is 227 g/mol. The predicted octanol–water partition coefficient (Wildman–Crippen LogP) is 1.17. The van der Waals surface area contributed by atoms with Crippen LogP contribution in [0.25, 0.3) is 10.8 Å². The molecule has 1 N–H and O–H groups in total. The number of amides is 1. The number of carbonyl (C=O) groups excluding carboxylic acids is 1. The Morgan fingerprint density at radius 3 is 3.12 bits per heavy atom. The van der Waals surface area contributed by atoms with E-state index >= 15 is 0 Å². The van der Waals surface area contributed by atoms with Crippen molar-refractivity contribution in [3.05, 3.63) is 36.7 Å². The highest BCUT2D eigenvalue weighted by molar-refractivity contribution is 6.04. The normalized spacial score (nSPS) is 16.5. The highest BCUT2D eigenvalue weighted by Crippen LogP contribution is 2.26. The Hall–Kier alpha value is -1.94. The molecule has 86 valence electrons. The molecular formula is C13H13N3O. The van der Waals surface area contributed by atoms with Gasteiger partial charge >= 0.3 is 0 Å². The summed E-state index contributed by atoms with van der Waals surface area (Å²) in [5, 5.41) is 5.22. The van der Waals surface area contributed by atoms with E-state index in [-0.39, 0.29) is 5.91 Å². The molecular weight excluding hydrogens is 214 g/mol. The number of hydrogen-bond acceptors (Lipinski definition) is 3. The fourth-order valence-electron chi connectivity index (χ4n) is 2.19. The quantitative estimate of drug-likeness (QED) is 0.795. The summed E-state index contributed by atoms with van der Waals surface area (Å²) >= 11 is 0. The van der Waals surface area contributed by atoms with Crippen molar-refractivity contribution in [1.29, 1.82) is 0 Å². The second-order valence-corrected chi connectivity index (χ2v) is 4.10. The fraction of sp³-hybridized carbons (Fsp3) is 0.231. The van der Waals surface area contributed by atoms with Crippen LogP contribution in [0, 0.1) is 0 Å². The smallest absolute Gasteiger partial charge is 0.241 e. The molecule has 1 aliphatic rings. The van der Waals surface area contributed by atoms with Crippen LogP contribution in [0.5, 0.6) is 0 Å². The highest BCUT2D eigenvalue weighted by atomic mass is 16.2. The van der Waals surface area contributed by atoms with Gasteiger partial charge in [0.25, 0.3) is 0 Å². The van der Waals surface area contributed by atoms with Crippen LogP contribution in [0.1, 0.15) is 0 Å². The van der Waals surface area contributed by atoms with Crippen molar-refractivity contribution < 1.29 is 4.79 Å². The summed E-state index contributed by atoms with van der Waals surface area (Å²) < 4.78 is 0. The second-order valence-electron chi connectivity index (χ2n) is 4.10. The van der Waals surface area contributed by atoms with Gasteiger partial charge in [-0.1, -0.05) is 12.1 Å². The van der Waals surface area contributed by atoms with Gasteiger partial charge in [0.05, 0.1) is 12.2 Å². The van der Waals surface area contributed by atoms with Gasteiger partial charge in [0, 0.05) is 30.9 Å².